The lowest BCUT2D eigenvalue weighted by molar-refractivity contribution is 0.0998. The molecule has 1 aliphatic rings. The van der Waals surface area contributed by atoms with Gasteiger partial charge in [0.05, 0.1) is 16.8 Å². The van der Waals surface area contributed by atoms with E-state index < -0.39 is 5.91 Å². The summed E-state index contributed by atoms with van der Waals surface area (Å²) in [6.07, 6.45) is 6.00. The predicted molar refractivity (Wildman–Crippen MR) is 136 cm³/mol. The largest absolute Gasteiger partial charge is 0.484 e. The number of rotatable bonds is 9. The zero-order valence-electron chi connectivity index (χ0n) is 19.7. The van der Waals surface area contributed by atoms with Gasteiger partial charge in [0.2, 0.25) is 0 Å². The third-order valence-electron chi connectivity index (χ3n) is 6.22. The average molecular weight is 475 g/mol. The van der Waals surface area contributed by atoms with Crippen LogP contribution < -0.4 is 15.8 Å². The highest BCUT2D eigenvalue weighted by Gasteiger charge is 2.29. The summed E-state index contributed by atoms with van der Waals surface area (Å²) in [6, 6.07) is 14.9. The summed E-state index contributed by atoms with van der Waals surface area (Å²) < 4.78 is 8.40. The van der Waals surface area contributed by atoms with E-state index in [4.69, 9.17) is 10.5 Å². The maximum absolute atomic E-state index is 12.3. The maximum Gasteiger partial charge on any atom is 0.262 e. The number of hydrogen-bond donors (Lipinski definition) is 2. The van der Waals surface area contributed by atoms with E-state index >= 15 is 0 Å². The van der Waals surface area contributed by atoms with Crippen molar-refractivity contribution in [3.05, 3.63) is 76.4 Å². The second-order valence-electron chi connectivity index (χ2n) is 9.27. The number of fused-ring (bicyclic) bond motifs is 1. The number of carbonyl (C=O) groups is 1. The summed E-state index contributed by atoms with van der Waals surface area (Å²) in [5.41, 5.74) is 11.3. The molecular weight excluding hydrogens is 444 g/mol. The van der Waals surface area contributed by atoms with Crippen LogP contribution in [0.25, 0.3) is 16.2 Å². The molecule has 176 valence electrons. The van der Waals surface area contributed by atoms with Crippen LogP contribution in [0.15, 0.2) is 54.9 Å². The van der Waals surface area contributed by atoms with Crippen molar-refractivity contribution in [1.29, 1.82) is 0 Å². The monoisotopic (exact) mass is 474 g/mol. The first-order valence-electron chi connectivity index (χ1n) is 11.8. The molecule has 4 aromatic rings. The van der Waals surface area contributed by atoms with Crippen molar-refractivity contribution in [2.24, 2.45) is 5.73 Å². The molecule has 0 bridgehead atoms. The first-order chi connectivity index (χ1) is 16.4. The number of primary amides is 1. The number of nitrogens with two attached hydrogens (primary N) is 1. The molecule has 7 heteroatoms. The Balaban J connectivity index is 1.44. The number of pyridine rings is 1. The summed E-state index contributed by atoms with van der Waals surface area (Å²) in [5, 5.41) is 3.50. The molecule has 34 heavy (non-hydrogen) atoms. The minimum absolute atomic E-state index is 0.203. The first-order valence-corrected chi connectivity index (χ1v) is 12.6. The molecule has 0 unspecified atom stereocenters. The highest BCUT2D eigenvalue weighted by atomic mass is 32.1. The Morgan fingerprint density at radius 1 is 1.24 bits per heavy atom. The third-order valence-corrected chi connectivity index (χ3v) is 7.37. The van der Waals surface area contributed by atoms with E-state index in [9.17, 15) is 4.79 Å². The van der Waals surface area contributed by atoms with Crippen molar-refractivity contribution in [3.63, 3.8) is 0 Å². The molecule has 1 aromatic carbocycles. The quantitative estimate of drug-likeness (QED) is 0.327. The Morgan fingerprint density at radius 3 is 2.79 bits per heavy atom. The Hall–Kier alpha value is -3.16. The summed E-state index contributed by atoms with van der Waals surface area (Å²) in [4.78, 5) is 18.1. The molecule has 1 atom stereocenters. The van der Waals surface area contributed by atoms with Crippen LogP contribution in [0.4, 0.5) is 0 Å². The van der Waals surface area contributed by atoms with Crippen molar-refractivity contribution < 1.29 is 9.53 Å². The molecule has 1 aliphatic carbocycles. The Bertz CT molecular complexity index is 1340. The van der Waals surface area contributed by atoms with Crippen molar-refractivity contribution in [2.75, 3.05) is 0 Å². The molecule has 1 amide bonds. The van der Waals surface area contributed by atoms with Gasteiger partial charge in [-0.15, -0.1) is 11.3 Å². The van der Waals surface area contributed by atoms with Crippen molar-refractivity contribution in [3.8, 4) is 16.3 Å². The zero-order valence-corrected chi connectivity index (χ0v) is 20.6. The normalized spacial score (nSPS) is 14.6. The summed E-state index contributed by atoms with van der Waals surface area (Å²) in [6.45, 7) is 7.21. The number of amides is 1. The van der Waals surface area contributed by atoms with Crippen LogP contribution in [-0.4, -0.2) is 21.3 Å². The molecule has 0 saturated heterocycles. The fraction of sp³-hybridized carbons (Fsp3) is 0.333. The van der Waals surface area contributed by atoms with Gasteiger partial charge >= 0.3 is 0 Å². The molecule has 1 fully saturated rings. The highest BCUT2D eigenvalue weighted by Crippen LogP contribution is 2.45. The summed E-state index contributed by atoms with van der Waals surface area (Å²) in [5.74, 6) is 0.634. The molecule has 5 rings (SSSR count). The lowest BCUT2D eigenvalue weighted by atomic mass is 9.96. The second-order valence-corrected chi connectivity index (χ2v) is 10.3. The number of carbonyl (C=O) groups excluding carboxylic acids is 1. The van der Waals surface area contributed by atoms with Crippen LogP contribution in [0.5, 0.6) is 5.75 Å². The van der Waals surface area contributed by atoms with Gasteiger partial charge in [0.25, 0.3) is 5.91 Å². The standard InChI is InChI=1S/C27H30N4O2S/c1-16(2)29-14-18-7-10-20(21(12-18)19-8-9-19)17(3)33-23-13-24(34-26(23)27(28)32)22-15-30-25-6-4-5-11-31(22)25/h4-7,10-13,15-17,19,29H,8-9,14H2,1-3H3,(H2,28,32)/t17-/m1/s1. The van der Waals surface area contributed by atoms with Gasteiger partial charge in [-0.2, -0.15) is 0 Å². The van der Waals surface area contributed by atoms with E-state index in [1.54, 1.807) is 0 Å². The van der Waals surface area contributed by atoms with E-state index in [-0.39, 0.29) is 6.10 Å². The maximum atomic E-state index is 12.3. The van der Waals surface area contributed by atoms with E-state index in [0.29, 0.717) is 22.6 Å². The van der Waals surface area contributed by atoms with Gasteiger partial charge in [0.1, 0.15) is 22.4 Å². The molecule has 3 N–H and O–H groups in total. The van der Waals surface area contributed by atoms with Gasteiger partial charge in [-0.1, -0.05) is 38.1 Å². The first kappa shape index (κ1) is 22.6. The number of hydrogen-bond acceptors (Lipinski definition) is 5. The Kier molecular flexibility index (Phi) is 6.15. The molecule has 0 spiro atoms. The number of nitrogens with one attached hydrogen (secondary N) is 1. The minimum Gasteiger partial charge on any atom is -0.484 e. The fourth-order valence-electron chi connectivity index (χ4n) is 4.30. The molecule has 0 aliphatic heterocycles. The van der Waals surface area contributed by atoms with Gasteiger partial charge in [0, 0.05) is 24.8 Å². The molecule has 3 heterocycles. The lowest BCUT2D eigenvalue weighted by Crippen LogP contribution is -2.22. The van der Waals surface area contributed by atoms with Gasteiger partial charge in [0.15, 0.2) is 0 Å². The van der Waals surface area contributed by atoms with Crippen molar-refractivity contribution in [2.45, 2.75) is 58.2 Å². The van der Waals surface area contributed by atoms with Gasteiger partial charge in [-0.25, -0.2) is 4.98 Å². The number of aromatic nitrogens is 2. The SMILES string of the molecule is CC(C)NCc1ccc([C@@H](C)Oc2cc(-c3cnc4ccccn34)sc2C(N)=O)c(C2CC2)c1. The van der Waals surface area contributed by atoms with Crippen LogP contribution in [-0.2, 0) is 6.54 Å². The molecule has 3 aromatic heterocycles. The van der Waals surface area contributed by atoms with Gasteiger partial charge < -0.3 is 15.8 Å². The fourth-order valence-corrected chi connectivity index (χ4v) is 5.25. The lowest BCUT2D eigenvalue weighted by Gasteiger charge is -2.20. The third kappa shape index (κ3) is 4.58. The summed E-state index contributed by atoms with van der Waals surface area (Å²) >= 11 is 1.34. The zero-order chi connectivity index (χ0) is 23.8. The molecule has 6 nitrogen and oxygen atoms in total. The van der Waals surface area contributed by atoms with Crippen LogP contribution in [0.2, 0.25) is 0 Å². The Labute approximate surface area is 203 Å². The second kappa shape index (κ2) is 9.24. The van der Waals surface area contributed by atoms with Crippen LogP contribution in [0, 0.1) is 0 Å². The molecular formula is C27H30N4O2S. The number of nitrogens with zero attached hydrogens (tertiary/aromatic N) is 2. The number of ether oxygens (including phenoxy) is 1. The summed E-state index contributed by atoms with van der Waals surface area (Å²) in [7, 11) is 0. The highest BCUT2D eigenvalue weighted by molar-refractivity contribution is 7.17. The van der Waals surface area contributed by atoms with E-state index in [2.05, 4.69) is 42.3 Å². The number of imidazole rings is 1. The Morgan fingerprint density at radius 2 is 2.06 bits per heavy atom. The topological polar surface area (TPSA) is 81.7 Å². The van der Waals surface area contributed by atoms with Crippen LogP contribution >= 0.6 is 11.3 Å². The number of benzene rings is 1. The van der Waals surface area contributed by atoms with Gasteiger partial charge in [-0.05, 0) is 54.5 Å². The van der Waals surface area contributed by atoms with Crippen molar-refractivity contribution >= 4 is 22.9 Å². The minimum atomic E-state index is -0.482. The van der Waals surface area contributed by atoms with E-state index in [1.165, 1.54) is 40.9 Å². The van der Waals surface area contributed by atoms with Crippen LogP contribution in [0.1, 0.15) is 72.0 Å². The van der Waals surface area contributed by atoms with Crippen molar-refractivity contribution in [1.82, 2.24) is 14.7 Å². The molecule has 0 radical (unpaired) electrons. The average Bonchev–Trinajstić information content (AvgIpc) is 3.45. The molecule has 1 saturated carbocycles. The predicted octanol–water partition coefficient (Wildman–Crippen LogP) is 5.68. The van der Waals surface area contributed by atoms with Crippen LogP contribution in [0.3, 0.4) is 0 Å². The van der Waals surface area contributed by atoms with E-state index in [0.717, 1.165) is 22.8 Å². The smallest absolute Gasteiger partial charge is 0.262 e. The van der Waals surface area contributed by atoms with Gasteiger partial charge in [-0.3, -0.25) is 9.20 Å². The van der Waals surface area contributed by atoms with E-state index in [1.807, 2.05) is 48.0 Å². The number of thiophene rings is 1.